The molecule has 146 valence electrons. The summed E-state index contributed by atoms with van der Waals surface area (Å²) in [5, 5.41) is 0. The molecule has 0 saturated carbocycles. The minimum absolute atomic E-state index is 0.641. The number of aromatic nitrogens is 1. The molecule has 2 aromatic rings. The van der Waals surface area contributed by atoms with Crippen LogP contribution in [0, 0.1) is 19.8 Å². The lowest BCUT2D eigenvalue weighted by Gasteiger charge is -2.35. The van der Waals surface area contributed by atoms with Gasteiger partial charge in [-0.05, 0) is 44.7 Å². The first kappa shape index (κ1) is 18.7. The molecule has 0 aliphatic carbocycles. The molecule has 5 nitrogen and oxygen atoms in total. The molecule has 1 aromatic heterocycles. The molecule has 3 aliphatic heterocycles. The van der Waals surface area contributed by atoms with Crippen molar-refractivity contribution in [2.75, 3.05) is 39.9 Å². The van der Waals surface area contributed by atoms with Crippen LogP contribution in [0.15, 0.2) is 28.7 Å². The third-order valence-corrected chi connectivity index (χ3v) is 6.02. The number of rotatable bonds is 6. The standard InChI is InChI=1S/C22H31N3O2/c1-16-5-4-6-19(11-16)22-23-21(17(2)27-22)15-24-12-18-7-8-20(14-24)25(13-18)9-10-26-3/h4-6,11,18,20H,7-10,12-15H2,1-3H3/t18-,20+/m0/s1. The van der Waals surface area contributed by atoms with E-state index in [1.54, 1.807) is 7.11 Å². The van der Waals surface area contributed by atoms with Gasteiger partial charge in [0.1, 0.15) is 5.76 Å². The number of fused-ring (bicyclic) bond motifs is 4. The second-order valence-electron chi connectivity index (χ2n) is 8.17. The van der Waals surface area contributed by atoms with Crippen molar-refractivity contribution < 1.29 is 9.15 Å². The molecule has 0 unspecified atom stereocenters. The van der Waals surface area contributed by atoms with Crippen molar-refractivity contribution >= 4 is 0 Å². The molecule has 27 heavy (non-hydrogen) atoms. The quantitative estimate of drug-likeness (QED) is 0.780. The van der Waals surface area contributed by atoms with E-state index in [0.29, 0.717) is 6.04 Å². The Bertz CT molecular complexity index is 773. The van der Waals surface area contributed by atoms with Crippen LogP contribution in [0.4, 0.5) is 0 Å². The van der Waals surface area contributed by atoms with Crippen molar-refractivity contribution in [1.29, 1.82) is 0 Å². The van der Waals surface area contributed by atoms with Gasteiger partial charge in [-0.25, -0.2) is 4.98 Å². The van der Waals surface area contributed by atoms with Crippen molar-refractivity contribution in [3.8, 4) is 11.5 Å². The predicted molar refractivity (Wildman–Crippen MR) is 107 cm³/mol. The number of benzene rings is 1. The Morgan fingerprint density at radius 2 is 2.07 bits per heavy atom. The van der Waals surface area contributed by atoms with Crippen LogP contribution < -0.4 is 0 Å². The minimum atomic E-state index is 0.641. The summed E-state index contributed by atoms with van der Waals surface area (Å²) < 4.78 is 11.3. The van der Waals surface area contributed by atoms with Crippen LogP contribution in [0.2, 0.25) is 0 Å². The molecule has 2 atom stereocenters. The van der Waals surface area contributed by atoms with Gasteiger partial charge in [0, 0.05) is 51.4 Å². The van der Waals surface area contributed by atoms with Crippen molar-refractivity contribution in [2.24, 2.45) is 5.92 Å². The molecule has 0 radical (unpaired) electrons. The topological polar surface area (TPSA) is 41.7 Å². The lowest BCUT2D eigenvalue weighted by molar-refractivity contribution is 0.0867. The summed E-state index contributed by atoms with van der Waals surface area (Å²) in [5.74, 6) is 2.44. The fourth-order valence-corrected chi connectivity index (χ4v) is 4.58. The molecule has 0 spiro atoms. The molecule has 5 rings (SSSR count). The fraction of sp³-hybridized carbons (Fsp3) is 0.591. The van der Waals surface area contributed by atoms with Crippen molar-refractivity contribution in [3.63, 3.8) is 0 Å². The molecule has 3 aliphatic rings. The van der Waals surface area contributed by atoms with E-state index < -0.39 is 0 Å². The van der Waals surface area contributed by atoms with Gasteiger partial charge in [-0.2, -0.15) is 0 Å². The first-order valence-corrected chi connectivity index (χ1v) is 10.1. The van der Waals surface area contributed by atoms with Gasteiger partial charge in [0.2, 0.25) is 5.89 Å². The van der Waals surface area contributed by atoms with Crippen LogP contribution in [0.3, 0.4) is 0 Å². The number of nitrogens with zero attached hydrogens (tertiary/aromatic N) is 3. The van der Waals surface area contributed by atoms with E-state index in [-0.39, 0.29) is 0 Å². The number of hydrogen-bond donors (Lipinski definition) is 0. The SMILES string of the molecule is COCCN1C[C@H]2CC[C@@H]1CN(Cc1nc(-c3cccc(C)c3)oc1C)C2. The highest BCUT2D eigenvalue weighted by molar-refractivity contribution is 5.54. The summed E-state index contributed by atoms with van der Waals surface area (Å²) in [5.41, 5.74) is 3.37. The molecule has 0 amide bonds. The number of aryl methyl sites for hydroxylation is 2. The Kier molecular flexibility index (Phi) is 5.62. The van der Waals surface area contributed by atoms with E-state index in [1.807, 2.05) is 6.92 Å². The van der Waals surface area contributed by atoms with Crippen LogP contribution in [0.1, 0.15) is 29.9 Å². The Morgan fingerprint density at radius 1 is 1.19 bits per heavy atom. The maximum Gasteiger partial charge on any atom is 0.226 e. The predicted octanol–water partition coefficient (Wildman–Crippen LogP) is 3.50. The van der Waals surface area contributed by atoms with E-state index in [1.165, 1.54) is 24.9 Å². The zero-order chi connectivity index (χ0) is 18.8. The summed E-state index contributed by atoms with van der Waals surface area (Å²) in [6.07, 6.45) is 2.65. The van der Waals surface area contributed by atoms with Crippen molar-refractivity contribution in [2.45, 2.75) is 39.3 Å². The normalized spacial score (nSPS) is 23.7. The highest BCUT2D eigenvalue weighted by Crippen LogP contribution is 2.29. The van der Waals surface area contributed by atoms with Crippen LogP contribution >= 0.6 is 0 Å². The van der Waals surface area contributed by atoms with Crippen molar-refractivity contribution in [1.82, 2.24) is 14.8 Å². The molecule has 0 N–H and O–H groups in total. The molecule has 1 aromatic carbocycles. The third-order valence-electron chi connectivity index (χ3n) is 6.02. The molecule has 3 fully saturated rings. The highest BCUT2D eigenvalue weighted by Gasteiger charge is 2.34. The number of piperidine rings is 1. The smallest absolute Gasteiger partial charge is 0.226 e. The molecule has 2 bridgehead atoms. The average molecular weight is 370 g/mol. The zero-order valence-corrected chi connectivity index (χ0v) is 16.8. The Balaban J connectivity index is 1.47. The molecule has 3 saturated heterocycles. The lowest BCUT2D eigenvalue weighted by atomic mass is 9.95. The Hall–Kier alpha value is -1.69. The fourth-order valence-electron chi connectivity index (χ4n) is 4.58. The first-order chi connectivity index (χ1) is 13.1. The van der Waals surface area contributed by atoms with Crippen LogP contribution in [-0.2, 0) is 11.3 Å². The first-order valence-electron chi connectivity index (χ1n) is 10.1. The van der Waals surface area contributed by atoms with Crippen molar-refractivity contribution in [3.05, 3.63) is 41.3 Å². The van der Waals surface area contributed by atoms with Gasteiger partial charge in [0.15, 0.2) is 0 Å². The molecular formula is C22H31N3O2. The monoisotopic (exact) mass is 369 g/mol. The van der Waals surface area contributed by atoms with Crippen LogP contribution in [0.25, 0.3) is 11.5 Å². The zero-order valence-electron chi connectivity index (χ0n) is 16.8. The molecular weight excluding hydrogens is 338 g/mol. The molecule has 5 heteroatoms. The lowest BCUT2D eigenvalue weighted by Crippen LogP contribution is -2.45. The van der Waals surface area contributed by atoms with E-state index >= 15 is 0 Å². The number of hydrogen-bond acceptors (Lipinski definition) is 5. The summed E-state index contributed by atoms with van der Waals surface area (Å²) in [6.45, 7) is 10.4. The Labute approximate surface area is 162 Å². The minimum Gasteiger partial charge on any atom is -0.441 e. The molecule has 4 heterocycles. The van der Waals surface area contributed by atoms with Gasteiger partial charge < -0.3 is 9.15 Å². The second kappa shape index (κ2) is 8.13. The maximum absolute atomic E-state index is 6.01. The van der Waals surface area contributed by atoms with Crippen LogP contribution in [-0.4, -0.2) is 60.7 Å². The second-order valence-corrected chi connectivity index (χ2v) is 8.17. The van der Waals surface area contributed by atoms with Gasteiger partial charge in [-0.15, -0.1) is 0 Å². The largest absolute Gasteiger partial charge is 0.441 e. The third kappa shape index (κ3) is 4.26. The van der Waals surface area contributed by atoms with E-state index in [2.05, 4.69) is 41.0 Å². The van der Waals surface area contributed by atoms with E-state index in [4.69, 9.17) is 14.1 Å². The summed E-state index contributed by atoms with van der Waals surface area (Å²) >= 11 is 0. The summed E-state index contributed by atoms with van der Waals surface area (Å²) in [7, 11) is 1.79. The van der Waals surface area contributed by atoms with Crippen LogP contribution in [0.5, 0.6) is 0 Å². The van der Waals surface area contributed by atoms with Gasteiger partial charge >= 0.3 is 0 Å². The summed E-state index contributed by atoms with van der Waals surface area (Å²) in [6, 6.07) is 9.01. The summed E-state index contributed by atoms with van der Waals surface area (Å²) in [4.78, 5) is 10.1. The number of ether oxygens (including phenoxy) is 1. The van der Waals surface area contributed by atoms with Gasteiger partial charge in [0.05, 0.1) is 12.3 Å². The van der Waals surface area contributed by atoms with Gasteiger partial charge in [-0.1, -0.05) is 17.7 Å². The Morgan fingerprint density at radius 3 is 2.89 bits per heavy atom. The van der Waals surface area contributed by atoms with E-state index in [9.17, 15) is 0 Å². The number of methoxy groups -OCH3 is 1. The maximum atomic E-state index is 6.01. The number of oxazole rings is 1. The average Bonchev–Trinajstić information content (AvgIpc) is 2.82. The highest BCUT2D eigenvalue weighted by atomic mass is 16.5. The van der Waals surface area contributed by atoms with E-state index in [0.717, 1.165) is 61.6 Å². The van der Waals surface area contributed by atoms with Gasteiger partial charge in [0.25, 0.3) is 0 Å². The van der Waals surface area contributed by atoms with Gasteiger partial charge in [-0.3, -0.25) is 9.80 Å².